The van der Waals surface area contributed by atoms with Crippen LogP contribution >= 0.6 is 23.1 Å². The van der Waals surface area contributed by atoms with Gasteiger partial charge >= 0.3 is 0 Å². The van der Waals surface area contributed by atoms with E-state index in [1.807, 2.05) is 23.6 Å². The van der Waals surface area contributed by atoms with E-state index in [-0.39, 0.29) is 5.54 Å². The second-order valence-corrected chi connectivity index (χ2v) is 8.22. The number of nitrogens with zero attached hydrogens (tertiary/aromatic N) is 2. The van der Waals surface area contributed by atoms with Gasteiger partial charge in [0.1, 0.15) is 0 Å². The van der Waals surface area contributed by atoms with Crippen LogP contribution in [0.4, 0.5) is 0 Å². The first-order valence-electron chi connectivity index (χ1n) is 7.82. The number of hydrogen-bond donors (Lipinski definition) is 1. The van der Waals surface area contributed by atoms with E-state index in [0.29, 0.717) is 5.88 Å². The van der Waals surface area contributed by atoms with Crippen LogP contribution in [0.5, 0.6) is 5.88 Å². The molecule has 0 amide bonds. The van der Waals surface area contributed by atoms with Crippen molar-refractivity contribution < 1.29 is 4.74 Å². The van der Waals surface area contributed by atoms with E-state index in [4.69, 9.17) is 15.5 Å². The Morgan fingerprint density at radius 1 is 1.30 bits per heavy atom. The minimum Gasteiger partial charge on any atom is -0.481 e. The Bertz CT molecular complexity index is 754. The van der Waals surface area contributed by atoms with E-state index in [1.165, 1.54) is 21.7 Å². The normalized spacial score (nSPS) is 23.4. The summed E-state index contributed by atoms with van der Waals surface area (Å²) in [6.07, 6.45) is 6.42. The van der Waals surface area contributed by atoms with Crippen molar-refractivity contribution in [3.63, 3.8) is 0 Å². The number of aryl methyl sites for hydroxylation is 1. The summed E-state index contributed by atoms with van der Waals surface area (Å²) in [6.45, 7) is 0. The number of thioether (sulfide) groups is 1. The molecule has 0 radical (unpaired) electrons. The van der Waals surface area contributed by atoms with Gasteiger partial charge in [-0.05, 0) is 43.4 Å². The smallest absolute Gasteiger partial charge is 0.212 e. The zero-order chi connectivity index (χ0) is 15.9. The molecule has 1 unspecified atom stereocenters. The molecule has 2 aromatic rings. The highest BCUT2D eigenvalue weighted by Gasteiger charge is 2.39. The summed E-state index contributed by atoms with van der Waals surface area (Å²) in [6, 6.07) is 6.30. The van der Waals surface area contributed by atoms with E-state index >= 15 is 0 Å². The van der Waals surface area contributed by atoms with Crippen molar-refractivity contribution in [1.29, 1.82) is 0 Å². The van der Waals surface area contributed by atoms with Gasteiger partial charge in [0.15, 0.2) is 5.17 Å². The molecule has 2 N–H and O–H groups in total. The molecule has 2 aliphatic rings. The molecular formula is C17H19N3OS2. The number of hydrogen-bond acceptors (Lipinski definition) is 6. The van der Waals surface area contributed by atoms with Crippen LogP contribution in [-0.2, 0) is 12.0 Å². The van der Waals surface area contributed by atoms with Gasteiger partial charge in [-0.15, -0.1) is 11.3 Å². The topological polar surface area (TPSA) is 60.5 Å². The second-order valence-electron chi connectivity index (χ2n) is 5.97. The number of pyridine rings is 1. The van der Waals surface area contributed by atoms with Gasteiger partial charge in [0.05, 0.1) is 12.6 Å². The summed E-state index contributed by atoms with van der Waals surface area (Å²) < 4.78 is 5.15. The third-order valence-electron chi connectivity index (χ3n) is 4.62. The predicted octanol–water partition coefficient (Wildman–Crippen LogP) is 3.80. The average molecular weight is 345 g/mol. The number of thiophene rings is 1. The molecule has 2 aromatic heterocycles. The van der Waals surface area contributed by atoms with Crippen LogP contribution in [0.15, 0.2) is 29.4 Å². The fourth-order valence-corrected chi connectivity index (χ4v) is 5.65. The fourth-order valence-electron chi connectivity index (χ4n) is 3.47. The third-order valence-corrected chi connectivity index (χ3v) is 6.66. The van der Waals surface area contributed by atoms with Crippen LogP contribution in [0.2, 0.25) is 0 Å². The molecule has 1 aliphatic carbocycles. The Hall–Kier alpha value is -1.53. The summed E-state index contributed by atoms with van der Waals surface area (Å²) in [7, 11) is 1.64. The molecular weight excluding hydrogens is 326 g/mol. The molecule has 0 saturated carbocycles. The molecule has 4 rings (SSSR count). The lowest BCUT2D eigenvalue weighted by molar-refractivity contribution is 0.368. The number of aliphatic imine (C=N–C) groups is 1. The Morgan fingerprint density at radius 2 is 2.22 bits per heavy atom. The van der Waals surface area contributed by atoms with E-state index in [2.05, 4.69) is 17.1 Å². The maximum absolute atomic E-state index is 6.04. The molecule has 3 heterocycles. The van der Waals surface area contributed by atoms with Gasteiger partial charge in [-0.2, -0.15) is 0 Å². The van der Waals surface area contributed by atoms with Crippen LogP contribution in [0.3, 0.4) is 0 Å². The van der Waals surface area contributed by atoms with Gasteiger partial charge in [0.2, 0.25) is 5.88 Å². The number of aromatic nitrogens is 1. The monoisotopic (exact) mass is 345 g/mol. The predicted molar refractivity (Wildman–Crippen MR) is 97.4 cm³/mol. The molecule has 23 heavy (non-hydrogen) atoms. The molecule has 0 saturated heterocycles. The van der Waals surface area contributed by atoms with Crippen molar-refractivity contribution in [2.24, 2.45) is 10.7 Å². The minimum atomic E-state index is -0.0857. The molecule has 0 fully saturated rings. The van der Waals surface area contributed by atoms with Crippen molar-refractivity contribution in [2.45, 2.75) is 31.2 Å². The number of amidine groups is 1. The summed E-state index contributed by atoms with van der Waals surface area (Å²) in [5.74, 6) is 1.71. The summed E-state index contributed by atoms with van der Waals surface area (Å²) in [4.78, 5) is 11.9. The molecule has 6 heteroatoms. The van der Waals surface area contributed by atoms with E-state index < -0.39 is 0 Å². The molecule has 0 bridgehead atoms. The molecule has 1 atom stereocenters. The van der Waals surface area contributed by atoms with Gasteiger partial charge in [0.25, 0.3) is 0 Å². The third kappa shape index (κ3) is 2.64. The lowest BCUT2D eigenvalue weighted by Gasteiger charge is -2.36. The minimum absolute atomic E-state index is 0.0857. The highest BCUT2D eigenvalue weighted by atomic mass is 32.2. The zero-order valence-corrected chi connectivity index (χ0v) is 14.7. The Morgan fingerprint density at radius 3 is 2.96 bits per heavy atom. The number of rotatable bonds is 2. The first kappa shape index (κ1) is 15.0. The Balaban J connectivity index is 1.76. The summed E-state index contributed by atoms with van der Waals surface area (Å²) >= 11 is 3.55. The number of nitrogens with two attached hydrogens (primary N) is 1. The molecule has 1 spiro atoms. The van der Waals surface area contributed by atoms with Gasteiger partial charge in [-0.1, -0.05) is 11.8 Å². The summed E-state index contributed by atoms with van der Waals surface area (Å²) in [5, 5.41) is 0.739. The SMILES string of the molecule is COc1ccc(-c2cc3c(s2)CCCC32CCSC(N)=N2)cn1. The Kier molecular flexibility index (Phi) is 3.81. The van der Waals surface area contributed by atoms with Crippen molar-refractivity contribution in [2.75, 3.05) is 12.9 Å². The van der Waals surface area contributed by atoms with Crippen LogP contribution < -0.4 is 10.5 Å². The van der Waals surface area contributed by atoms with Gasteiger partial charge in [-0.3, -0.25) is 4.99 Å². The quantitative estimate of drug-likeness (QED) is 0.899. The molecule has 4 nitrogen and oxygen atoms in total. The first-order valence-corrected chi connectivity index (χ1v) is 9.62. The Labute approximate surface area is 144 Å². The lowest BCUT2D eigenvalue weighted by atomic mass is 9.78. The van der Waals surface area contributed by atoms with E-state index in [9.17, 15) is 0 Å². The maximum Gasteiger partial charge on any atom is 0.212 e. The number of methoxy groups -OCH3 is 1. The van der Waals surface area contributed by atoms with Gasteiger partial charge in [-0.25, -0.2) is 4.98 Å². The highest BCUT2D eigenvalue weighted by molar-refractivity contribution is 8.13. The largest absolute Gasteiger partial charge is 0.481 e. The average Bonchev–Trinajstić information content (AvgIpc) is 3.01. The van der Waals surface area contributed by atoms with Gasteiger partial charge < -0.3 is 10.5 Å². The molecule has 0 aromatic carbocycles. The van der Waals surface area contributed by atoms with Crippen molar-refractivity contribution in [1.82, 2.24) is 4.98 Å². The van der Waals surface area contributed by atoms with Crippen molar-refractivity contribution in [3.8, 4) is 16.3 Å². The molecule has 120 valence electrons. The van der Waals surface area contributed by atoms with E-state index in [0.717, 1.165) is 35.7 Å². The highest BCUT2D eigenvalue weighted by Crippen LogP contribution is 2.48. The number of ether oxygens (including phenoxy) is 1. The maximum atomic E-state index is 6.04. The second kappa shape index (κ2) is 5.83. The zero-order valence-electron chi connectivity index (χ0n) is 13.0. The number of fused-ring (bicyclic) bond motifs is 2. The van der Waals surface area contributed by atoms with Gasteiger partial charge in [0, 0.05) is 33.3 Å². The van der Waals surface area contributed by atoms with Crippen LogP contribution in [0, 0.1) is 0 Å². The van der Waals surface area contributed by atoms with Crippen molar-refractivity contribution in [3.05, 3.63) is 34.8 Å². The van der Waals surface area contributed by atoms with Crippen LogP contribution in [0.1, 0.15) is 29.7 Å². The molecule has 1 aliphatic heterocycles. The van der Waals surface area contributed by atoms with E-state index in [1.54, 1.807) is 18.9 Å². The fraction of sp³-hybridized carbons (Fsp3) is 0.412. The first-order chi connectivity index (χ1) is 11.2. The lowest BCUT2D eigenvalue weighted by Crippen LogP contribution is -2.34. The summed E-state index contributed by atoms with van der Waals surface area (Å²) in [5.41, 5.74) is 8.49. The van der Waals surface area contributed by atoms with Crippen LogP contribution in [-0.4, -0.2) is 23.0 Å². The van der Waals surface area contributed by atoms with Crippen LogP contribution in [0.25, 0.3) is 10.4 Å². The standard InChI is InChI=1S/C17H19N3OS2/c1-21-15-5-4-11(10-19-15)14-9-12-13(23-14)3-2-6-17(12)7-8-22-16(18)20-17/h4-5,9-10H,2-3,6-8H2,1H3,(H2,18,20). The van der Waals surface area contributed by atoms with Crippen molar-refractivity contribution >= 4 is 28.3 Å².